The van der Waals surface area contributed by atoms with E-state index in [0.29, 0.717) is 19.5 Å². The van der Waals surface area contributed by atoms with E-state index in [1.807, 2.05) is 45.0 Å². The zero-order valence-corrected chi connectivity index (χ0v) is 16.2. The zero-order chi connectivity index (χ0) is 19.8. The molecule has 0 heterocycles. The molecule has 2 rings (SSSR count). The Morgan fingerprint density at radius 1 is 1.00 bits per heavy atom. The smallest absolute Gasteiger partial charge is 0.242 e. The van der Waals surface area contributed by atoms with Crippen molar-refractivity contribution in [2.24, 2.45) is 0 Å². The second-order valence-corrected chi connectivity index (χ2v) is 6.63. The monoisotopic (exact) mass is 370 g/mol. The average molecular weight is 370 g/mol. The summed E-state index contributed by atoms with van der Waals surface area (Å²) in [5.41, 5.74) is 2.83. The van der Waals surface area contributed by atoms with Crippen LogP contribution in [0.4, 0.5) is 4.39 Å². The molecule has 0 fully saturated rings. The molecule has 0 spiro atoms. The highest BCUT2D eigenvalue weighted by atomic mass is 19.1. The Hall–Kier alpha value is -2.69. The van der Waals surface area contributed by atoms with Crippen molar-refractivity contribution in [2.45, 2.75) is 46.2 Å². The highest BCUT2D eigenvalue weighted by Crippen LogP contribution is 2.15. The summed E-state index contributed by atoms with van der Waals surface area (Å²) in [5.74, 6) is -0.642. The van der Waals surface area contributed by atoms with Gasteiger partial charge in [0, 0.05) is 13.1 Å². The van der Waals surface area contributed by atoms with Crippen molar-refractivity contribution in [3.8, 4) is 0 Å². The van der Waals surface area contributed by atoms with Crippen molar-refractivity contribution in [2.75, 3.05) is 6.54 Å². The Morgan fingerprint density at radius 3 is 2.15 bits per heavy atom. The molecule has 0 aliphatic heterocycles. The predicted molar refractivity (Wildman–Crippen MR) is 105 cm³/mol. The zero-order valence-electron chi connectivity index (χ0n) is 16.2. The van der Waals surface area contributed by atoms with Crippen molar-refractivity contribution in [1.29, 1.82) is 0 Å². The number of rotatable bonds is 8. The molecular weight excluding hydrogens is 343 g/mol. The lowest BCUT2D eigenvalue weighted by Crippen LogP contribution is -2.49. The largest absolute Gasteiger partial charge is 0.355 e. The molecule has 2 aromatic rings. The van der Waals surface area contributed by atoms with Gasteiger partial charge in [-0.25, -0.2) is 4.39 Å². The number of nitrogens with one attached hydrogen (secondary N) is 1. The fourth-order valence-electron chi connectivity index (χ4n) is 2.98. The summed E-state index contributed by atoms with van der Waals surface area (Å²) in [7, 11) is 0. The second-order valence-electron chi connectivity index (χ2n) is 6.63. The summed E-state index contributed by atoms with van der Waals surface area (Å²) in [6, 6.07) is 13.3. The van der Waals surface area contributed by atoms with E-state index in [0.717, 1.165) is 16.7 Å². The number of hydrogen-bond donors (Lipinski definition) is 1. The fourth-order valence-corrected chi connectivity index (χ4v) is 2.98. The van der Waals surface area contributed by atoms with Gasteiger partial charge in [-0.1, -0.05) is 48.9 Å². The summed E-state index contributed by atoms with van der Waals surface area (Å²) in [6.07, 6.45) is 0.648. The van der Waals surface area contributed by atoms with Crippen LogP contribution < -0.4 is 5.32 Å². The van der Waals surface area contributed by atoms with Gasteiger partial charge in [0.25, 0.3) is 0 Å². The van der Waals surface area contributed by atoms with E-state index in [1.165, 1.54) is 12.1 Å². The molecule has 0 saturated carbocycles. The lowest BCUT2D eigenvalue weighted by Gasteiger charge is -2.30. The number of carbonyl (C=O) groups is 2. The van der Waals surface area contributed by atoms with Gasteiger partial charge in [-0.15, -0.1) is 0 Å². The minimum absolute atomic E-state index is 0.127. The maximum Gasteiger partial charge on any atom is 0.242 e. The van der Waals surface area contributed by atoms with Gasteiger partial charge in [0.15, 0.2) is 0 Å². The van der Waals surface area contributed by atoms with Crippen molar-refractivity contribution >= 4 is 11.8 Å². The topological polar surface area (TPSA) is 49.4 Å². The fraction of sp³-hybridized carbons (Fsp3) is 0.364. The highest BCUT2D eigenvalue weighted by molar-refractivity contribution is 5.88. The lowest BCUT2D eigenvalue weighted by molar-refractivity contribution is -0.140. The van der Waals surface area contributed by atoms with E-state index in [9.17, 15) is 14.0 Å². The van der Waals surface area contributed by atoms with Crippen LogP contribution in [0.25, 0.3) is 0 Å². The Labute approximate surface area is 160 Å². The molecule has 4 nitrogen and oxygen atoms in total. The number of hydrogen-bond acceptors (Lipinski definition) is 2. The molecule has 0 bridgehead atoms. The summed E-state index contributed by atoms with van der Waals surface area (Å²) in [5, 5.41) is 2.82. The van der Waals surface area contributed by atoms with Crippen LogP contribution in [0.1, 0.15) is 37.0 Å². The summed E-state index contributed by atoms with van der Waals surface area (Å²) in [4.78, 5) is 27.2. The van der Waals surface area contributed by atoms with Gasteiger partial charge in [-0.3, -0.25) is 9.59 Å². The summed E-state index contributed by atoms with van der Waals surface area (Å²) < 4.78 is 13.1. The number of aryl methyl sites for hydroxylation is 1. The minimum atomic E-state index is -0.542. The Bertz CT molecular complexity index is 757. The lowest BCUT2D eigenvalue weighted by atomic mass is 10.1. The molecule has 27 heavy (non-hydrogen) atoms. The normalized spacial score (nSPS) is 11.7. The van der Waals surface area contributed by atoms with Crippen LogP contribution in [0.5, 0.6) is 0 Å². The molecule has 2 aromatic carbocycles. The predicted octanol–water partition coefficient (Wildman–Crippen LogP) is 3.62. The average Bonchev–Trinajstić information content (AvgIpc) is 2.65. The van der Waals surface area contributed by atoms with Crippen molar-refractivity contribution in [1.82, 2.24) is 10.2 Å². The van der Waals surface area contributed by atoms with Crippen LogP contribution in [0.3, 0.4) is 0 Å². The van der Waals surface area contributed by atoms with Gasteiger partial charge in [0.2, 0.25) is 11.8 Å². The van der Waals surface area contributed by atoms with Gasteiger partial charge < -0.3 is 10.2 Å². The van der Waals surface area contributed by atoms with E-state index >= 15 is 0 Å². The van der Waals surface area contributed by atoms with Crippen LogP contribution >= 0.6 is 0 Å². The number of benzene rings is 2. The van der Waals surface area contributed by atoms with Gasteiger partial charge >= 0.3 is 0 Å². The van der Waals surface area contributed by atoms with E-state index in [1.54, 1.807) is 17.0 Å². The minimum Gasteiger partial charge on any atom is -0.355 e. The second kappa shape index (κ2) is 9.86. The van der Waals surface area contributed by atoms with Crippen LogP contribution in [0.2, 0.25) is 0 Å². The van der Waals surface area contributed by atoms with Crippen molar-refractivity contribution in [3.63, 3.8) is 0 Å². The molecule has 1 unspecified atom stereocenters. The Kier molecular flexibility index (Phi) is 7.53. The molecule has 0 aliphatic rings. The van der Waals surface area contributed by atoms with E-state index < -0.39 is 6.04 Å². The number of carbonyl (C=O) groups excluding carboxylic acids is 2. The quantitative estimate of drug-likeness (QED) is 0.772. The first-order chi connectivity index (χ1) is 12.9. The summed E-state index contributed by atoms with van der Waals surface area (Å²) >= 11 is 0. The number of likely N-dealkylation sites (N-methyl/N-ethyl adjacent to an activating group) is 1. The maximum absolute atomic E-state index is 13.1. The van der Waals surface area contributed by atoms with Gasteiger partial charge in [-0.2, -0.15) is 0 Å². The standard InChI is InChI=1S/C22H27FN2O2/c1-4-20(22(27)24-5-2)25(15-18-8-6-16(3)7-9-18)21(26)14-17-10-12-19(23)13-11-17/h6-13,20H,4-5,14-15H2,1-3H3,(H,24,27). The Morgan fingerprint density at radius 2 is 1.59 bits per heavy atom. The van der Waals surface area contributed by atoms with Crippen LogP contribution in [-0.2, 0) is 22.6 Å². The molecule has 0 radical (unpaired) electrons. The van der Waals surface area contributed by atoms with Crippen LogP contribution in [-0.4, -0.2) is 29.3 Å². The van der Waals surface area contributed by atoms with Crippen molar-refractivity contribution in [3.05, 3.63) is 71.0 Å². The molecule has 144 valence electrons. The highest BCUT2D eigenvalue weighted by Gasteiger charge is 2.28. The molecule has 0 saturated heterocycles. The maximum atomic E-state index is 13.1. The molecule has 2 amide bonds. The van der Waals surface area contributed by atoms with E-state index in [4.69, 9.17) is 0 Å². The van der Waals surface area contributed by atoms with Gasteiger partial charge in [0.05, 0.1) is 6.42 Å². The molecule has 5 heteroatoms. The van der Waals surface area contributed by atoms with Crippen LogP contribution in [0.15, 0.2) is 48.5 Å². The Balaban J connectivity index is 2.25. The number of nitrogens with zero attached hydrogens (tertiary/aromatic N) is 1. The SMILES string of the molecule is CCNC(=O)C(CC)N(Cc1ccc(C)cc1)C(=O)Cc1ccc(F)cc1. The molecular formula is C22H27FN2O2. The van der Waals surface area contributed by atoms with Crippen molar-refractivity contribution < 1.29 is 14.0 Å². The van der Waals surface area contributed by atoms with Gasteiger partial charge in [0.1, 0.15) is 11.9 Å². The first-order valence-corrected chi connectivity index (χ1v) is 9.31. The number of amides is 2. The third kappa shape index (κ3) is 5.91. The molecule has 1 N–H and O–H groups in total. The first kappa shape index (κ1) is 20.6. The molecule has 0 aromatic heterocycles. The third-order valence-corrected chi connectivity index (χ3v) is 4.48. The number of halogens is 1. The van der Waals surface area contributed by atoms with E-state index in [2.05, 4.69) is 5.32 Å². The molecule has 0 aliphatic carbocycles. The summed E-state index contributed by atoms with van der Waals surface area (Å²) in [6.45, 7) is 6.63. The third-order valence-electron chi connectivity index (χ3n) is 4.48. The molecule has 1 atom stereocenters. The first-order valence-electron chi connectivity index (χ1n) is 9.31. The van der Waals surface area contributed by atoms with E-state index in [-0.39, 0.29) is 24.1 Å². The van der Waals surface area contributed by atoms with Gasteiger partial charge in [-0.05, 0) is 43.5 Å². The van der Waals surface area contributed by atoms with Crippen LogP contribution in [0, 0.1) is 12.7 Å².